The molecule has 1 amide bonds. The Bertz CT molecular complexity index is 821. The highest BCUT2D eigenvalue weighted by atomic mass is 19.1. The molecule has 0 saturated heterocycles. The minimum absolute atomic E-state index is 0.0600. The predicted molar refractivity (Wildman–Crippen MR) is 91.7 cm³/mol. The molecule has 2 aliphatic rings. The van der Waals surface area contributed by atoms with Gasteiger partial charge >= 0.3 is 0 Å². The summed E-state index contributed by atoms with van der Waals surface area (Å²) in [6, 6.07) is 2.90. The minimum atomic E-state index is -0.548. The summed E-state index contributed by atoms with van der Waals surface area (Å²) >= 11 is 0. The number of fused-ring (bicyclic) bond motifs is 1. The third kappa shape index (κ3) is 2.42. The van der Waals surface area contributed by atoms with Gasteiger partial charge in [-0.15, -0.1) is 0 Å². The summed E-state index contributed by atoms with van der Waals surface area (Å²) in [5, 5.41) is 0. The van der Waals surface area contributed by atoms with E-state index in [1.54, 1.807) is 18.1 Å². The van der Waals surface area contributed by atoms with Crippen LogP contribution in [-0.4, -0.2) is 46.6 Å². The highest BCUT2D eigenvalue weighted by Gasteiger charge is 2.61. The Morgan fingerprint density at radius 1 is 1.32 bits per heavy atom. The Hall–Kier alpha value is -2.08. The molecule has 2 saturated carbocycles. The average Bonchev–Trinajstić information content (AvgIpc) is 2.55. The Morgan fingerprint density at radius 3 is 2.60 bits per heavy atom. The van der Waals surface area contributed by atoms with Crippen LogP contribution in [0.1, 0.15) is 43.0 Å². The van der Waals surface area contributed by atoms with Gasteiger partial charge in [-0.2, -0.15) is 0 Å². The first kappa shape index (κ1) is 16.4. The van der Waals surface area contributed by atoms with E-state index in [2.05, 4.69) is 9.97 Å². The lowest BCUT2D eigenvalue weighted by Gasteiger charge is -2.63. The number of benzene rings is 1. The fourth-order valence-electron chi connectivity index (χ4n) is 4.43. The van der Waals surface area contributed by atoms with E-state index in [4.69, 9.17) is 4.74 Å². The molecule has 1 aromatic heterocycles. The summed E-state index contributed by atoms with van der Waals surface area (Å²) in [5.74, 6) is -0.843. The van der Waals surface area contributed by atoms with E-state index >= 15 is 0 Å². The van der Waals surface area contributed by atoms with Crippen LogP contribution in [0.25, 0.3) is 11.0 Å². The number of amides is 1. The topological polar surface area (TPSA) is 55.3 Å². The Kier molecular flexibility index (Phi) is 3.95. The first-order valence-corrected chi connectivity index (χ1v) is 8.86. The van der Waals surface area contributed by atoms with E-state index in [9.17, 15) is 9.18 Å². The van der Waals surface area contributed by atoms with Gasteiger partial charge in [-0.25, -0.2) is 4.39 Å². The number of rotatable bonds is 4. The van der Waals surface area contributed by atoms with Crippen LogP contribution < -0.4 is 0 Å². The molecule has 0 unspecified atom stereocenters. The first-order valence-electron chi connectivity index (χ1n) is 8.86. The van der Waals surface area contributed by atoms with Crippen LogP contribution in [0.4, 0.5) is 4.39 Å². The van der Waals surface area contributed by atoms with Crippen molar-refractivity contribution in [1.82, 2.24) is 14.9 Å². The Balaban J connectivity index is 1.60. The summed E-state index contributed by atoms with van der Waals surface area (Å²) < 4.78 is 20.3. The average molecular weight is 343 g/mol. The molecule has 25 heavy (non-hydrogen) atoms. The number of aromatic nitrogens is 2. The summed E-state index contributed by atoms with van der Waals surface area (Å²) in [6.07, 6.45) is 7.42. The van der Waals surface area contributed by atoms with Crippen molar-refractivity contribution in [2.75, 3.05) is 13.7 Å². The molecular weight excluding hydrogens is 321 g/mol. The molecule has 6 heteroatoms. The number of ether oxygens (including phenoxy) is 1. The second kappa shape index (κ2) is 6.02. The maximum atomic E-state index is 14.5. The standard InChI is InChI=1S/C19H22FN3O2/c1-3-25-17-11-16(19(17)5-4-6-19)23(2)18(24)12-9-14-15(10-13(12)20)22-8-7-21-14/h7-10,16-17H,3-6,11H2,1-2H3/t16-,17+/m0/s1. The second-order valence-electron chi connectivity index (χ2n) is 7.08. The van der Waals surface area contributed by atoms with Gasteiger partial charge in [0.05, 0.1) is 22.7 Å². The van der Waals surface area contributed by atoms with Gasteiger partial charge in [-0.05, 0) is 32.3 Å². The van der Waals surface area contributed by atoms with Gasteiger partial charge in [-0.1, -0.05) is 6.42 Å². The van der Waals surface area contributed by atoms with Gasteiger partial charge < -0.3 is 9.64 Å². The number of carbonyl (C=O) groups is 1. The van der Waals surface area contributed by atoms with Crippen LogP contribution in [0.3, 0.4) is 0 Å². The van der Waals surface area contributed by atoms with Gasteiger partial charge in [0.25, 0.3) is 5.91 Å². The monoisotopic (exact) mass is 343 g/mol. The fraction of sp³-hybridized carbons (Fsp3) is 0.526. The summed E-state index contributed by atoms with van der Waals surface area (Å²) in [7, 11) is 1.77. The van der Waals surface area contributed by atoms with Gasteiger partial charge in [0.1, 0.15) is 5.82 Å². The third-order valence-electron chi connectivity index (χ3n) is 5.97. The summed E-state index contributed by atoms with van der Waals surface area (Å²) in [5.41, 5.74) is 1.10. The number of hydrogen-bond acceptors (Lipinski definition) is 4. The molecule has 2 fully saturated rings. The molecule has 132 valence electrons. The van der Waals surface area contributed by atoms with Crippen LogP contribution in [-0.2, 0) is 4.74 Å². The van der Waals surface area contributed by atoms with E-state index in [0.717, 1.165) is 19.3 Å². The van der Waals surface area contributed by atoms with Crippen molar-refractivity contribution in [2.45, 2.75) is 44.8 Å². The van der Waals surface area contributed by atoms with Crippen molar-refractivity contribution in [1.29, 1.82) is 0 Å². The first-order chi connectivity index (χ1) is 12.1. The van der Waals surface area contributed by atoms with Gasteiger partial charge in [0, 0.05) is 43.6 Å². The van der Waals surface area contributed by atoms with Crippen LogP contribution >= 0.6 is 0 Å². The van der Waals surface area contributed by atoms with Crippen molar-refractivity contribution >= 4 is 16.9 Å². The number of nitrogens with zero attached hydrogens (tertiary/aromatic N) is 3. The van der Waals surface area contributed by atoms with Crippen molar-refractivity contribution in [2.24, 2.45) is 5.41 Å². The normalized spacial score (nSPS) is 24.0. The van der Waals surface area contributed by atoms with Crippen LogP contribution in [0.5, 0.6) is 0 Å². The van der Waals surface area contributed by atoms with Gasteiger partial charge in [-0.3, -0.25) is 14.8 Å². The van der Waals surface area contributed by atoms with Crippen LogP contribution in [0, 0.1) is 11.2 Å². The lowest BCUT2D eigenvalue weighted by Crippen LogP contribution is -2.67. The van der Waals surface area contributed by atoms with E-state index in [-0.39, 0.29) is 29.0 Å². The molecule has 0 radical (unpaired) electrons. The molecule has 4 rings (SSSR count). The molecule has 0 aliphatic heterocycles. The largest absolute Gasteiger partial charge is 0.378 e. The smallest absolute Gasteiger partial charge is 0.256 e. The molecule has 5 nitrogen and oxygen atoms in total. The fourth-order valence-corrected chi connectivity index (χ4v) is 4.43. The SMILES string of the molecule is CCO[C@@H]1C[C@H](N(C)C(=O)c2cc3nccnc3cc2F)C12CCC2. The van der Waals surface area contributed by atoms with E-state index < -0.39 is 5.82 Å². The van der Waals surface area contributed by atoms with Crippen LogP contribution in [0.2, 0.25) is 0 Å². The molecule has 2 atom stereocenters. The molecule has 0 bridgehead atoms. The Morgan fingerprint density at radius 2 is 2.00 bits per heavy atom. The lowest BCUT2D eigenvalue weighted by atomic mass is 9.50. The van der Waals surface area contributed by atoms with Crippen molar-refractivity contribution < 1.29 is 13.9 Å². The predicted octanol–water partition coefficient (Wildman–Crippen LogP) is 3.19. The Labute approximate surface area is 146 Å². The minimum Gasteiger partial charge on any atom is -0.378 e. The number of carbonyl (C=O) groups excluding carboxylic acids is 1. The van der Waals surface area contributed by atoms with Gasteiger partial charge in [0.2, 0.25) is 0 Å². The molecule has 2 aliphatic carbocycles. The van der Waals surface area contributed by atoms with Crippen molar-refractivity contribution in [3.05, 3.63) is 35.9 Å². The molecular formula is C19H22FN3O2. The zero-order valence-electron chi connectivity index (χ0n) is 14.5. The molecule has 0 N–H and O–H groups in total. The van der Waals surface area contributed by atoms with E-state index in [1.165, 1.54) is 24.8 Å². The summed E-state index contributed by atoms with van der Waals surface area (Å²) in [4.78, 5) is 22.9. The maximum absolute atomic E-state index is 14.5. The zero-order chi connectivity index (χ0) is 17.6. The third-order valence-corrected chi connectivity index (χ3v) is 5.97. The highest BCUT2D eigenvalue weighted by molar-refractivity contribution is 5.97. The van der Waals surface area contributed by atoms with E-state index in [1.807, 2.05) is 6.92 Å². The lowest BCUT2D eigenvalue weighted by molar-refractivity contribution is -0.192. The van der Waals surface area contributed by atoms with Gasteiger partial charge in [0.15, 0.2) is 0 Å². The highest BCUT2D eigenvalue weighted by Crippen LogP contribution is 2.59. The molecule has 1 heterocycles. The van der Waals surface area contributed by atoms with Crippen LogP contribution in [0.15, 0.2) is 24.5 Å². The second-order valence-corrected chi connectivity index (χ2v) is 7.08. The van der Waals surface area contributed by atoms with E-state index in [0.29, 0.717) is 17.6 Å². The molecule has 2 aromatic rings. The molecule has 1 aromatic carbocycles. The van der Waals surface area contributed by atoms with Crippen molar-refractivity contribution in [3.63, 3.8) is 0 Å². The summed E-state index contributed by atoms with van der Waals surface area (Å²) in [6.45, 7) is 2.69. The zero-order valence-corrected chi connectivity index (χ0v) is 14.5. The maximum Gasteiger partial charge on any atom is 0.256 e. The van der Waals surface area contributed by atoms with Crippen molar-refractivity contribution in [3.8, 4) is 0 Å². The number of hydrogen-bond donors (Lipinski definition) is 0. The number of halogens is 1. The molecule has 1 spiro atoms. The quantitative estimate of drug-likeness (QED) is 0.855.